The number of aromatic nitrogens is 2. The van der Waals surface area contributed by atoms with Gasteiger partial charge in [-0.25, -0.2) is 9.78 Å². The lowest BCUT2D eigenvalue weighted by Crippen LogP contribution is -2.26. The quantitative estimate of drug-likeness (QED) is 0.391. The minimum atomic E-state index is -0.939. The lowest BCUT2D eigenvalue weighted by atomic mass is 10.1. The Hall–Kier alpha value is -3.38. The van der Waals surface area contributed by atoms with Crippen molar-refractivity contribution >= 4 is 16.9 Å². The number of benzene rings is 2. The third-order valence-corrected chi connectivity index (χ3v) is 5.72. The Morgan fingerprint density at radius 2 is 1.88 bits per heavy atom. The SMILES string of the molecule is CCOC(Cc1ccc2c(ccn2Cc2nc(-c3ccc(CC)cc3)oc2C)c1)C(=O)O. The Labute approximate surface area is 187 Å². The van der Waals surface area contributed by atoms with Crippen molar-refractivity contribution in [1.82, 2.24) is 9.55 Å². The lowest BCUT2D eigenvalue weighted by Gasteiger charge is -2.12. The number of carboxylic acid groups (broad SMARTS) is 1. The third kappa shape index (κ3) is 4.60. The highest BCUT2D eigenvalue weighted by molar-refractivity contribution is 5.81. The van der Waals surface area contributed by atoms with Crippen LogP contribution in [0.25, 0.3) is 22.4 Å². The van der Waals surface area contributed by atoms with E-state index in [1.807, 2.05) is 49.5 Å². The first-order valence-corrected chi connectivity index (χ1v) is 11.0. The summed E-state index contributed by atoms with van der Waals surface area (Å²) in [5, 5.41) is 10.4. The molecular formula is C26H28N2O4. The molecule has 1 N–H and O–H groups in total. The molecule has 6 heteroatoms. The molecule has 0 radical (unpaired) electrons. The van der Waals surface area contributed by atoms with E-state index in [2.05, 4.69) is 23.6 Å². The van der Waals surface area contributed by atoms with Gasteiger partial charge in [0.15, 0.2) is 6.10 Å². The zero-order chi connectivity index (χ0) is 22.7. The third-order valence-electron chi connectivity index (χ3n) is 5.72. The average molecular weight is 433 g/mol. The first kappa shape index (κ1) is 21.8. The zero-order valence-corrected chi connectivity index (χ0v) is 18.7. The van der Waals surface area contributed by atoms with Crippen LogP contribution >= 0.6 is 0 Å². The van der Waals surface area contributed by atoms with E-state index in [1.165, 1.54) is 5.56 Å². The van der Waals surface area contributed by atoms with Gasteiger partial charge in [0.25, 0.3) is 0 Å². The second-order valence-electron chi connectivity index (χ2n) is 7.90. The maximum absolute atomic E-state index is 11.4. The predicted molar refractivity (Wildman–Crippen MR) is 124 cm³/mol. The number of hydrogen-bond donors (Lipinski definition) is 1. The van der Waals surface area contributed by atoms with Gasteiger partial charge in [-0.15, -0.1) is 0 Å². The lowest BCUT2D eigenvalue weighted by molar-refractivity contribution is -0.149. The Morgan fingerprint density at radius 1 is 1.12 bits per heavy atom. The van der Waals surface area contributed by atoms with Crippen LogP contribution in [0.5, 0.6) is 0 Å². The Kier molecular flexibility index (Phi) is 6.42. The van der Waals surface area contributed by atoms with Crippen molar-refractivity contribution < 1.29 is 19.1 Å². The number of aliphatic carboxylic acids is 1. The van der Waals surface area contributed by atoms with Gasteiger partial charge in [-0.3, -0.25) is 0 Å². The molecule has 2 heterocycles. The van der Waals surface area contributed by atoms with Gasteiger partial charge in [0, 0.05) is 30.3 Å². The molecule has 6 nitrogen and oxygen atoms in total. The highest BCUT2D eigenvalue weighted by Gasteiger charge is 2.18. The summed E-state index contributed by atoms with van der Waals surface area (Å²) >= 11 is 0. The maximum atomic E-state index is 11.4. The van der Waals surface area contributed by atoms with Gasteiger partial charge in [-0.1, -0.05) is 25.1 Å². The highest BCUT2D eigenvalue weighted by Crippen LogP contribution is 2.25. The molecule has 0 fully saturated rings. The van der Waals surface area contributed by atoms with Gasteiger partial charge in [-0.2, -0.15) is 0 Å². The van der Waals surface area contributed by atoms with Crippen LogP contribution in [0.1, 0.15) is 36.4 Å². The fourth-order valence-corrected chi connectivity index (χ4v) is 3.89. The van der Waals surface area contributed by atoms with Crippen molar-refractivity contribution in [2.75, 3.05) is 6.61 Å². The van der Waals surface area contributed by atoms with Gasteiger partial charge in [-0.05, 0) is 67.1 Å². The zero-order valence-electron chi connectivity index (χ0n) is 18.7. The summed E-state index contributed by atoms with van der Waals surface area (Å²) in [6.07, 6.45) is 2.53. The summed E-state index contributed by atoms with van der Waals surface area (Å²) < 4.78 is 13.4. The van der Waals surface area contributed by atoms with Crippen molar-refractivity contribution in [3.05, 3.63) is 77.3 Å². The summed E-state index contributed by atoms with van der Waals surface area (Å²) in [6, 6.07) is 16.4. The largest absolute Gasteiger partial charge is 0.479 e. The van der Waals surface area contributed by atoms with E-state index in [0.29, 0.717) is 25.5 Å². The van der Waals surface area contributed by atoms with Crippen LogP contribution in [0, 0.1) is 6.92 Å². The van der Waals surface area contributed by atoms with E-state index < -0.39 is 12.1 Å². The second-order valence-corrected chi connectivity index (χ2v) is 7.90. The molecule has 0 spiro atoms. The standard InChI is InChI=1S/C26H28N2O4/c1-4-18-6-9-20(10-7-18)25-27-22(17(3)32-25)16-28-13-12-21-14-19(8-11-23(21)28)15-24(26(29)30)31-5-2/h6-14,24H,4-5,15-16H2,1-3H3,(H,29,30). The molecule has 2 aromatic heterocycles. The summed E-state index contributed by atoms with van der Waals surface area (Å²) in [4.78, 5) is 16.1. The number of oxazole rings is 1. The van der Waals surface area contributed by atoms with Crippen molar-refractivity contribution in [1.29, 1.82) is 0 Å². The fourth-order valence-electron chi connectivity index (χ4n) is 3.89. The van der Waals surface area contributed by atoms with Gasteiger partial charge in [0.2, 0.25) is 5.89 Å². The molecule has 32 heavy (non-hydrogen) atoms. The molecule has 1 unspecified atom stereocenters. The van der Waals surface area contributed by atoms with Crippen LogP contribution in [0.2, 0.25) is 0 Å². The Balaban J connectivity index is 1.54. The van der Waals surface area contributed by atoms with Gasteiger partial charge < -0.3 is 18.8 Å². The molecule has 0 aliphatic heterocycles. The van der Waals surface area contributed by atoms with Crippen LogP contribution in [0.3, 0.4) is 0 Å². The summed E-state index contributed by atoms with van der Waals surface area (Å²) in [5.41, 5.74) is 5.15. The predicted octanol–water partition coefficient (Wildman–Crippen LogP) is 5.25. The molecular weight excluding hydrogens is 404 g/mol. The van der Waals surface area contributed by atoms with E-state index >= 15 is 0 Å². The van der Waals surface area contributed by atoms with Crippen LogP contribution < -0.4 is 0 Å². The van der Waals surface area contributed by atoms with Gasteiger partial charge in [0.05, 0.1) is 6.54 Å². The fraction of sp³-hybridized carbons (Fsp3) is 0.308. The number of nitrogens with zero attached hydrogens (tertiary/aromatic N) is 2. The monoisotopic (exact) mass is 432 g/mol. The Bertz CT molecular complexity index is 1220. The van der Waals surface area contributed by atoms with E-state index in [-0.39, 0.29) is 0 Å². The van der Waals surface area contributed by atoms with Crippen molar-refractivity contribution in [3.63, 3.8) is 0 Å². The van der Waals surface area contributed by atoms with E-state index in [9.17, 15) is 9.90 Å². The number of ether oxygens (including phenoxy) is 1. The number of fused-ring (bicyclic) bond motifs is 1. The van der Waals surface area contributed by atoms with E-state index in [1.54, 1.807) is 6.92 Å². The van der Waals surface area contributed by atoms with Crippen LogP contribution in [-0.4, -0.2) is 33.3 Å². The second kappa shape index (κ2) is 9.40. The molecule has 0 saturated heterocycles. The number of carbonyl (C=O) groups is 1. The summed E-state index contributed by atoms with van der Waals surface area (Å²) in [6.45, 7) is 6.85. The molecule has 4 rings (SSSR count). The van der Waals surface area contributed by atoms with E-state index in [0.717, 1.165) is 39.9 Å². The molecule has 166 valence electrons. The number of carboxylic acids is 1. The van der Waals surface area contributed by atoms with Crippen molar-refractivity contribution in [2.24, 2.45) is 0 Å². The van der Waals surface area contributed by atoms with Gasteiger partial charge >= 0.3 is 5.97 Å². The first-order chi connectivity index (χ1) is 15.5. The molecule has 2 aromatic carbocycles. The minimum absolute atomic E-state index is 0.340. The van der Waals surface area contributed by atoms with E-state index in [4.69, 9.17) is 14.1 Å². The maximum Gasteiger partial charge on any atom is 0.333 e. The molecule has 0 aliphatic rings. The highest BCUT2D eigenvalue weighted by atomic mass is 16.5. The van der Waals surface area contributed by atoms with Crippen LogP contribution in [0.15, 0.2) is 59.1 Å². The van der Waals surface area contributed by atoms with Crippen molar-refractivity contribution in [3.8, 4) is 11.5 Å². The number of rotatable bonds is 9. The van der Waals surface area contributed by atoms with Gasteiger partial charge in [0.1, 0.15) is 11.5 Å². The van der Waals surface area contributed by atoms with Crippen molar-refractivity contribution in [2.45, 2.75) is 46.3 Å². The molecule has 4 aromatic rings. The Morgan fingerprint density at radius 3 is 2.56 bits per heavy atom. The summed E-state index contributed by atoms with van der Waals surface area (Å²) in [7, 11) is 0. The van der Waals surface area contributed by atoms with Crippen LogP contribution in [-0.2, 0) is 28.9 Å². The topological polar surface area (TPSA) is 77.5 Å². The smallest absolute Gasteiger partial charge is 0.333 e. The number of aryl methyl sites for hydroxylation is 2. The average Bonchev–Trinajstić information content (AvgIpc) is 3.36. The molecule has 0 bridgehead atoms. The molecule has 1 atom stereocenters. The number of hydrogen-bond acceptors (Lipinski definition) is 4. The first-order valence-electron chi connectivity index (χ1n) is 11.0. The summed E-state index contributed by atoms with van der Waals surface area (Å²) in [5.74, 6) is 0.500. The molecule has 0 aliphatic carbocycles. The minimum Gasteiger partial charge on any atom is -0.479 e. The normalized spacial score (nSPS) is 12.3. The van der Waals surface area contributed by atoms with Crippen LogP contribution in [0.4, 0.5) is 0 Å². The molecule has 0 amide bonds. The molecule has 0 saturated carbocycles.